The van der Waals surface area contributed by atoms with Crippen molar-refractivity contribution in [1.29, 1.82) is 0 Å². The Hall–Kier alpha value is -0.900. The van der Waals surface area contributed by atoms with E-state index in [0.717, 1.165) is 12.8 Å². The van der Waals surface area contributed by atoms with Crippen LogP contribution < -0.4 is 0 Å². The van der Waals surface area contributed by atoms with Crippen molar-refractivity contribution in [2.75, 3.05) is 5.75 Å². The van der Waals surface area contributed by atoms with Crippen molar-refractivity contribution in [2.45, 2.75) is 44.3 Å². The molecule has 0 aromatic heterocycles. The Morgan fingerprint density at radius 3 is 2.58 bits per heavy atom. The molecule has 1 nitrogen and oxygen atoms in total. The summed E-state index contributed by atoms with van der Waals surface area (Å²) in [5.74, 6) is -1.99. The standard InChI is InChI=1S/C15H18F2OS/c1-10-7-8-12(15(17)14(10)16)13(18)9-19-11-5-3-2-4-6-11/h7-8,11H,2-6,9H2,1H3. The van der Waals surface area contributed by atoms with Gasteiger partial charge in [-0.2, -0.15) is 11.8 Å². The molecule has 19 heavy (non-hydrogen) atoms. The van der Waals surface area contributed by atoms with Crippen molar-refractivity contribution in [1.82, 2.24) is 0 Å². The van der Waals surface area contributed by atoms with Crippen LogP contribution in [0.2, 0.25) is 0 Å². The number of hydrogen-bond acceptors (Lipinski definition) is 2. The van der Waals surface area contributed by atoms with Crippen LogP contribution in [0.25, 0.3) is 0 Å². The van der Waals surface area contributed by atoms with Gasteiger partial charge >= 0.3 is 0 Å². The number of rotatable bonds is 4. The molecule has 4 heteroatoms. The fraction of sp³-hybridized carbons (Fsp3) is 0.533. The first-order chi connectivity index (χ1) is 9.09. The fourth-order valence-electron chi connectivity index (χ4n) is 2.36. The van der Waals surface area contributed by atoms with Crippen molar-refractivity contribution in [3.8, 4) is 0 Å². The molecule has 0 aliphatic heterocycles. The molecule has 1 aromatic carbocycles. The fourth-order valence-corrected chi connectivity index (χ4v) is 3.57. The summed E-state index contributed by atoms with van der Waals surface area (Å²) in [5.41, 5.74) is 0.111. The Morgan fingerprint density at radius 2 is 1.89 bits per heavy atom. The van der Waals surface area contributed by atoms with E-state index in [1.807, 2.05) is 0 Å². The van der Waals surface area contributed by atoms with Gasteiger partial charge in [-0.25, -0.2) is 8.78 Å². The third kappa shape index (κ3) is 3.56. The number of carbonyl (C=O) groups excluding carboxylic acids is 1. The number of halogens is 2. The molecular formula is C15H18F2OS. The number of benzene rings is 1. The smallest absolute Gasteiger partial charge is 0.175 e. The minimum absolute atomic E-state index is 0.119. The monoisotopic (exact) mass is 284 g/mol. The van der Waals surface area contributed by atoms with E-state index >= 15 is 0 Å². The van der Waals surface area contributed by atoms with Gasteiger partial charge in [0.15, 0.2) is 17.4 Å². The Bertz CT molecular complexity index is 467. The Kier molecular flexibility index (Phi) is 4.97. The summed E-state index contributed by atoms with van der Waals surface area (Å²) >= 11 is 1.58. The zero-order chi connectivity index (χ0) is 13.8. The van der Waals surface area contributed by atoms with E-state index in [1.165, 1.54) is 38.3 Å². The Labute approximate surface area is 116 Å². The normalized spacial score (nSPS) is 16.6. The maximum Gasteiger partial charge on any atom is 0.175 e. The lowest BCUT2D eigenvalue weighted by Crippen LogP contribution is -2.13. The van der Waals surface area contributed by atoms with E-state index in [-0.39, 0.29) is 22.7 Å². The highest BCUT2D eigenvalue weighted by Gasteiger charge is 2.20. The van der Waals surface area contributed by atoms with Crippen LogP contribution in [0.4, 0.5) is 8.78 Å². The lowest BCUT2D eigenvalue weighted by Gasteiger charge is -2.20. The van der Waals surface area contributed by atoms with Gasteiger partial charge in [0, 0.05) is 5.25 Å². The highest BCUT2D eigenvalue weighted by Crippen LogP contribution is 2.29. The molecule has 0 spiro atoms. The summed E-state index contributed by atoms with van der Waals surface area (Å²) in [5, 5.41) is 0.496. The van der Waals surface area contributed by atoms with Crippen LogP contribution >= 0.6 is 11.8 Å². The molecule has 1 aliphatic carbocycles. The average molecular weight is 284 g/mol. The van der Waals surface area contributed by atoms with Gasteiger partial charge in [-0.1, -0.05) is 25.3 Å². The third-order valence-corrected chi connectivity index (χ3v) is 4.95. The number of hydrogen-bond donors (Lipinski definition) is 0. The molecule has 0 bridgehead atoms. The molecule has 1 aliphatic rings. The second-order valence-electron chi connectivity index (χ2n) is 5.05. The predicted octanol–water partition coefficient (Wildman–Crippen LogP) is 4.52. The Balaban J connectivity index is 1.98. The van der Waals surface area contributed by atoms with Crippen LogP contribution in [-0.2, 0) is 0 Å². The number of thioether (sulfide) groups is 1. The quantitative estimate of drug-likeness (QED) is 0.756. The van der Waals surface area contributed by atoms with E-state index < -0.39 is 11.6 Å². The highest BCUT2D eigenvalue weighted by atomic mass is 32.2. The van der Waals surface area contributed by atoms with E-state index in [9.17, 15) is 13.6 Å². The van der Waals surface area contributed by atoms with Crippen molar-refractivity contribution in [3.05, 3.63) is 34.9 Å². The van der Waals surface area contributed by atoms with Crippen LogP contribution in [0.1, 0.15) is 48.0 Å². The van der Waals surface area contributed by atoms with Gasteiger partial charge in [0.1, 0.15) is 0 Å². The summed E-state index contributed by atoms with van der Waals surface area (Å²) in [6.07, 6.45) is 5.94. The van der Waals surface area contributed by atoms with Gasteiger partial charge in [0.05, 0.1) is 11.3 Å². The molecule has 0 N–H and O–H groups in total. The molecule has 0 heterocycles. The summed E-state index contributed by atoms with van der Waals surface area (Å²) in [4.78, 5) is 11.9. The number of ketones is 1. The molecule has 1 aromatic rings. The third-order valence-electron chi connectivity index (χ3n) is 3.58. The maximum absolute atomic E-state index is 13.7. The average Bonchev–Trinajstić information content (AvgIpc) is 2.43. The van der Waals surface area contributed by atoms with Gasteiger partial charge in [-0.05, 0) is 31.4 Å². The topological polar surface area (TPSA) is 17.1 Å². The second-order valence-corrected chi connectivity index (χ2v) is 6.34. The van der Waals surface area contributed by atoms with Gasteiger partial charge in [-0.3, -0.25) is 4.79 Å². The van der Waals surface area contributed by atoms with Crippen LogP contribution in [0.3, 0.4) is 0 Å². The molecular weight excluding hydrogens is 266 g/mol. The molecule has 0 atom stereocenters. The molecule has 2 rings (SSSR count). The highest BCUT2D eigenvalue weighted by molar-refractivity contribution is 8.00. The molecule has 1 fully saturated rings. The van der Waals surface area contributed by atoms with Crippen molar-refractivity contribution >= 4 is 17.5 Å². The van der Waals surface area contributed by atoms with Crippen molar-refractivity contribution in [2.24, 2.45) is 0 Å². The van der Waals surface area contributed by atoms with Crippen LogP contribution in [0.15, 0.2) is 12.1 Å². The minimum Gasteiger partial charge on any atom is -0.293 e. The predicted molar refractivity (Wildman–Crippen MR) is 74.8 cm³/mol. The molecule has 0 radical (unpaired) electrons. The van der Waals surface area contributed by atoms with Gasteiger partial charge in [0.25, 0.3) is 0 Å². The van der Waals surface area contributed by atoms with Crippen molar-refractivity contribution < 1.29 is 13.6 Å². The summed E-state index contributed by atoms with van der Waals surface area (Å²) in [6.45, 7) is 1.49. The first-order valence-electron chi connectivity index (χ1n) is 6.69. The largest absolute Gasteiger partial charge is 0.293 e. The maximum atomic E-state index is 13.7. The van der Waals surface area contributed by atoms with E-state index in [0.29, 0.717) is 5.25 Å². The SMILES string of the molecule is Cc1ccc(C(=O)CSC2CCCCC2)c(F)c1F. The molecule has 104 valence electrons. The number of carbonyl (C=O) groups is 1. The zero-order valence-electron chi connectivity index (χ0n) is 11.0. The van der Waals surface area contributed by atoms with Crippen LogP contribution in [0, 0.1) is 18.6 Å². The van der Waals surface area contributed by atoms with E-state index in [1.54, 1.807) is 11.8 Å². The summed E-state index contributed by atoms with van der Waals surface area (Å²) < 4.78 is 27.1. The van der Waals surface area contributed by atoms with Gasteiger partial charge in [-0.15, -0.1) is 0 Å². The molecule has 1 saturated carbocycles. The van der Waals surface area contributed by atoms with Crippen LogP contribution in [0.5, 0.6) is 0 Å². The molecule has 0 unspecified atom stereocenters. The van der Waals surface area contributed by atoms with Crippen molar-refractivity contribution in [3.63, 3.8) is 0 Å². The number of Topliss-reactive ketones (excluding diaryl/α,β-unsaturated/α-hetero) is 1. The lowest BCUT2D eigenvalue weighted by molar-refractivity contribution is 0.101. The zero-order valence-corrected chi connectivity index (χ0v) is 11.9. The van der Waals surface area contributed by atoms with Gasteiger partial charge in [0.2, 0.25) is 0 Å². The summed E-state index contributed by atoms with van der Waals surface area (Å²) in [7, 11) is 0. The van der Waals surface area contributed by atoms with Crippen LogP contribution in [-0.4, -0.2) is 16.8 Å². The minimum atomic E-state index is -1.01. The first kappa shape index (κ1) is 14.5. The van der Waals surface area contributed by atoms with Gasteiger partial charge < -0.3 is 0 Å². The second kappa shape index (κ2) is 6.51. The summed E-state index contributed by atoms with van der Waals surface area (Å²) in [6, 6.07) is 2.84. The molecule has 0 saturated heterocycles. The lowest BCUT2D eigenvalue weighted by atomic mass is 10.0. The van der Waals surface area contributed by atoms with E-state index in [4.69, 9.17) is 0 Å². The Morgan fingerprint density at radius 1 is 1.21 bits per heavy atom. The molecule has 0 amide bonds. The number of aryl methyl sites for hydroxylation is 1. The van der Waals surface area contributed by atoms with E-state index in [2.05, 4.69) is 0 Å². The first-order valence-corrected chi connectivity index (χ1v) is 7.74.